The fourth-order valence-corrected chi connectivity index (χ4v) is 1.80. The molecule has 1 heterocycles. The fourth-order valence-electron chi connectivity index (χ4n) is 1.80. The Morgan fingerprint density at radius 1 is 1.24 bits per heavy atom. The summed E-state index contributed by atoms with van der Waals surface area (Å²) in [6.45, 7) is 2.04. The van der Waals surface area contributed by atoms with E-state index in [0.29, 0.717) is 0 Å². The van der Waals surface area contributed by atoms with E-state index in [1.54, 1.807) is 0 Å². The smallest absolute Gasteiger partial charge is 0.231 e. The Labute approximate surface area is 100.0 Å². The van der Waals surface area contributed by atoms with Crippen molar-refractivity contribution < 1.29 is 19.7 Å². The third-order valence-corrected chi connectivity index (χ3v) is 2.82. The zero-order valence-corrected chi connectivity index (χ0v) is 9.72. The second kappa shape index (κ2) is 5.35. The van der Waals surface area contributed by atoms with Gasteiger partial charge in [0.1, 0.15) is 0 Å². The molecule has 0 amide bonds. The number of nitrogens with one attached hydrogen (secondary N) is 1. The van der Waals surface area contributed by atoms with Crippen molar-refractivity contribution >= 4 is 0 Å². The number of hydrogen-bond acceptors (Lipinski definition) is 5. The van der Waals surface area contributed by atoms with Gasteiger partial charge in [0.05, 0.1) is 19.3 Å². The Morgan fingerprint density at radius 2 is 1.94 bits per heavy atom. The van der Waals surface area contributed by atoms with Crippen molar-refractivity contribution in [2.24, 2.45) is 0 Å². The largest absolute Gasteiger partial charge is 0.454 e. The Bertz CT molecular complexity index is 379. The van der Waals surface area contributed by atoms with E-state index in [1.807, 2.05) is 25.1 Å². The van der Waals surface area contributed by atoms with Crippen LogP contribution in [-0.2, 0) is 0 Å². The highest BCUT2D eigenvalue weighted by Gasteiger charge is 2.17. The SMILES string of the molecule is CC(NC(CO)CO)c1ccc2c(c1)OCO2. The summed E-state index contributed by atoms with van der Waals surface area (Å²) < 4.78 is 10.5. The van der Waals surface area contributed by atoms with Gasteiger partial charge in [-0.25, -0.2) is 0 Å². The number of benzene rings is 1. The van der Waals surface area contributed by atoms with Crippen molar-refractivity contribution in [3.05, 3.63) is 23.8 Å². The molecular formula is C12H17NO4. The molecule has 3 N–H and O–H groups in total. The number of fused-ring (bicyclic) bond motifs is 1. The van der Waals surface area contributed by atoms with Gasteiger partial charge in [0.25, 0.3) is 0 Å². The second-order valence-corrected chi connectivity index (χ2v) is 4.06. The predicted molar refractivity (Wildman–Crippen MR) is 62.1 cm³/mol. The Hall–Kier alpha value is -1.30. The topological polar surface area (TPSA) is 71.0 Å². The van der Waals surface area contributed by atoms with Crippen molar-refractivity contribution in [2.45, 2.75) is 19.0 Å². The minimum Gasteiger partial charge on any atom is -0.454 e. The lowest BCUT2D eigenvalue weighted by Crippen LogP contribution is -2.37. The Morgan fingerprint density at radius 3 is 2.65 bits per heavy atom. The summed E-state index contributed by atoms with van der Waals surface area (Å²) in [7, 11) is 0. The first-order valence-electron chi connectivity index (χ1n) is 5.62. The average molecular weight is 239 g/mol. The van der Waals surface area contributed by atoms with Crippen LogP contribution in [0.25, 0.3) is 0 Å². The number of ether oxygens (including phenoxy) is 2. The highest BCUT2D eigenvalue weighted by atomic mass is 16.7. The van der Waals surface area contributed by atoms with Crippen LogP contribution in [0.3, 0.4) is 0 Å². The van der Waals surface area contributed by atoms with E-state index >= 15 is 0 Å². The third kappa shape index (κ3) is 2.69. The van der Waals surface area contributed by atoms with Gasteiger partial charge in [-0.15, -0.1) is 0 Å². The van der Waals surface area contributed by atoms with E-state index in [-0.39, 0.29) is 32.1 Å². The van der Waals surface area contributed by atoms with Crippen molar-refractivity contribution in [2.75, 3.05) is 20.0 Å². The molecule has 5 nitrogen and oxygen atoms in total. The van der Waals surface area contributed by atoms with Crippen LogP contribution in [-0.4, -0.2) is 36.3 Å². The Balaban J connectivity index is 2.06. The summed E-state index contributed by atoms with van der Waals surface area (Å²) in [4.78, 5) is 0. The maximum Gasteiger partial charge on any atom is 0.231 e. The minimum atomic E-state index is -0.310. The first-order valence-corrected chi connectivity index (χ1v) is 5.62. The summed E-state index contributed by atoms with van der Waals surface area (Å²) in [5, 5.41) is 21.1. The van der Waals surface area contributed by atoms with Gasteiger partial charge < -0.3 is 25.0 Å². The van der Waals surface area contributed by atoms with E-state index in [9.17, 15) is 0 Å². The lowest BCUT2D eigenvalue weighted by atomic mass is 10.1. The number of rotatable bonds is 5. The van der Waals surface area contributed by atoms with Gasteiger partial charge in [0.15, 0.2) is 11.5 Å². The lowest BCUT2D eigenvalue weighted by molar-refractivity contribution is 0.163. The maximum atomic E-state index is 9.01. The summed E-state index contributed by atoms with van der Waals surface area (Å²) in [5.74, 6) is 1.49. The zero-order valence-electron chi connectivity index (χ0n) is 9.72. The van der Waals surface area contributed by atoms with Gasteiger partial charge in [0, 0.05) is 6.04 Å². The van der Waals surface area contributed by atoms with Gasteiger partial charge in [-0.2, -0.15) is 0 Å². The molecular weight excluding hydrogens is 222 g/mol. The van der Waals surface area contributed by atoms with E-state index < -0.39 is 0 Å². The molecule has 1 unspecified atom stereocenters. The molecule has 0 bridgehead atoms. The maximum absolute atomic E-state index is 9.01. The van der Waals surface area contributed by atoms with Gasteiger partial charge in [-0.05, 0) is 24.6 Å². The van der Waals surface area contributed by atoms with Gasteiger partial charge in [-0.1, -0.05) is 6.07 Å². The molecule has 94 valence electrons. The monoisotopic (exact) mass is 239 g/mol. The van der Waals surface area contributed by atoms with Crippen LogP contribution in [0.5, 0.6) is 11.5 Å². The quantitative estimate of drug-likeness (QED) is 0.694. The second-order valence-electron chi connectivity index (χ2n) is 4.06. The molecule has 0 spiro atoms. The summed E-state index contributed by atoms with van der Waals surface area (Å²) >= 11 is 0. The molecule has 2 rings (SSSR count). The van der Waals surface area contributed by atoms with Crippen LogP contribution in [0.4, 0.5) is 0 Å². The average Bonchev–Trinajstić information content (AvgIpc) is 2.82. The Kier molecular flexibility index (Phi) is 3.83. The number of aliphatic hydroxyl groups excluding tert-OH is 2. The van der Waals surface area contributed by atoms with Crippen LogP contribution in [0.2, 0.25) is 0 Å². The molecule has 5 heteroatoms. The van der Waals surface area contributed by atoms with Crippen molar-refractivity contribution in [1.82, 2.24) is 5.32 Å². The van der Waals surface area contributed by atoms with Crippen LogP contribution >= 0.6 is 0 Å². The van der Waals surface area contributed by atoms with E-state index in [2.05, 4.69) is 5.32 Å². The molecule has 0 aromatic heterocycles. The lowest BCUT2D eigenvalue weighted by Gasteiger charge is -2.20. The van der Waals surface area contributed by atoms with E-state index in [0.717, 1.165) is 17.1 Å². The van der Waals surface area contributed by atoms with Crippen molar-refractivity contribution in [1.29, 1.82) is 0 Å². The van der Waals surface area contributed by atoms with Gasteiger partial charge >= 0.3 is 0 Å². The molecule has 0 saturated heterocycles. The standard InChI is InChI=1S/C12H17NO4/c1-8(13-10(5-14)6-15)9-2-3-11-12(4-9)17-7-16-11/h2-4,8,10,13-15H,5-7H2,1H3. The summed E-state index contributed by atoms with van der Waals surface area (Å²) in [6.07, 6.45) is 0. The molecule has 1 atom stereocenters. The predicted octanol–water partition coefficient (Wildman–Crippen LogP) is 0.419. The van der Waals surface area contributed by atoms with Crippen LogP contribution in [0.1, 0.15) is 18.5 Å². The summed E-state index contributed by atoms with van der Waals surface area (Å²) in [6, 6.07) is 5.43. The third-order valence-electron chi connectivity index (χ3n) is 2.82. The molecule has 0 aliphatic carbocycles. The molecule has 0 radical (unpaired) electrons. The van der Waals surface area contributed by atoms with E-state index in [4.69, 9.17) is 19.7 Å². The molecule has 0 fully saturated rings. The molecule has 1 aromatic carbocycles. The molecule has 1 aliphatic heterocycles. The highest BCUT2D eigenvalue weighted by Crippen LogP contribution is 2.34. The van der Waals surface area contributed by atoms with Crippen molar-refractivity contribution in [3.8, 4) is 11.5 Å². The van der Waals surface area contributed by atoms with E-state index in [1.165, 1.54) is 0 Å². The van der Waals surface area contributed by atoms with Gasteiger partial charge in [-0.3, -0.25) is 0 Å². The normalized spacial score (nSPS) is 15.3. The molecule has 1 aromatic rings. The van der Waals surface area contributed by atoms with Crippen LogP contribution in [0, 0.1) is 0 Å². The first-order chi connectivity index (χ1) is 8.24. The van der Waals surface area contributed by atoms with Crippen LogP contribution < -0.4 is 14.8 Å². The first kappa shape index (κ1) is 12.2. The fraction of sp³-hybridized carbons (Fsp3) is 0.500. The number of hydrogen-bond donors (Lipinski definition) is 3. The summed E-state index contributed by atoms with van der Waals surface area (Å²) in [5.41, 5.74) is 1.03. The number of aliphatic hydroxyl groups is 2. The molecule has 1 aliphatic rings. The van der Waals surface area contributed by atoms with Gasteiger partial charge in [0.2, 0.25) is 6.79 Å². The van der Waals surface area contributed by atoms with Crippen LogP contribution in [0.15, 0.2) is 18.2 Å². The minimum absolute atomic E-state index is 0.0220. The molecule has 0 saturated carbocycles. The zero-order chi connectivity index (χ0) is 12.3. The molecule has 17 heavy (non-hydrogen) atoms. The van der Waals surface area contributed by atoms with Crippen molar-refractivity contribution in [3.63, 3.8) is 0 Å². The highest BCUT2D eigenvalue weighted by molar-refractivity contribution is 5.45.